The zero-order valence-corrected chi connectivity index (χ0v) is 15.1. The summed E-state index contributed by atoms with van der Waals surface area (Å²) in [6, 6.07) is 15.9. The van der Waals surface area contributed by atoms with Crippen LogP contribution in [0, 0.1) is 0 Å². The van der Waals surface area contributed by atoms with E-state index in [2.05, 4.69) is 10.3 Å². The molecule has 0 saturated carbocycles. The van der Waals surface area contributed by atoms with E-state index in [0.717, 1.165) is 22.6 Å². The predicted octanol–water partition coefficient (Wildman–Crippen LogP) is 3.69. The second kappa shape index (κ2) is 8.34. The van der Waals surface area contributed by atoms with Crippen molar-refractivity contribution >= 4 is 5.91 Å². The van der Waals surface area contributed by atoms with Gasteiger partial charge in [-0.2, -0.15) is 0 Å². The van der Waals surface area contributed by atoms with Gasteiger partial charge < -0.3 is 14.6 Å². The number of benzene rings is 2. The highest BCUT2D eigenvalue weighted by Crippen LogP contribution is 2.16. The first kappa shape index (κ1) is 17.7. The minimum absolute atomic E-state index is 0.0322. The Hall–Kier alpha value is -3.08. The average molecular weight is 349 g/mol. The van der Waals surface area contributed by atoms with E-state index < -0.39 is 0 Å². The van der Waals surface area contributed by atoms with E-state index in [1.807, 2.05) is 66.2 Å². The SMILES string of the molecule is COc1ccc(CCC(=O)N[C@H](C)c2ccc(-n3ccnc3)cc2)cc1. The first-order valence-electron chi connectivity index (χ1n) is 8.66. The van der Waals surface area contributed by atoms with Crippen molar-refractivity contribution in [2.24, 2.45) is 0 Å². The largest absolute Gasteiger partial charge is 0.497 e. The number of imidazole rings is 1. The van der Waals surface area contributed by atoms with Crippen LogP contribution < -0.4 is 10.1 Å². The van der Waals surface area contributed by atoms with Gasteiger partial charge in [0.25, 0.3) is 0 Å². The number of nitrogens with zero attached hydrogens (tertiary/aromatic N) is 2. The number of rotatable bonds is 7. The molecule has 0 spiro atoms. The molecule has 3 rings (SSSR count). The second-order valence-corrected chi connectivity index (χ2v) is 6.20. The summed E-state index contributed by atoms with van der Waals surface area (Å²) in [5.74, 6) is 0.873. The minimum Gasteiger partial charge on any atom is -0.497 e. The molecule has 0 radical (unpaired) electrons. The maximum absolute atomic E-state index is 12.2. The Balaban J connectivity index is 1.51. The van der Waals surface area contributed by atoms with Crippen molar-refractivity contribution in [1.29, 1.82) is 0 Å². The van der Waals surface area contributed by atoms with E-state index in [9.17, 15) is 4.79 Å². The number of amides is 1. The lowest BCUT2D eigenvalue weighted by Crippen LogP contribution is -2.26. The molecule has 0 bridgehead atoms. The zero-order valence-electron chi connectivity index (χ0n) is 15.1. The molecule has 0 aliphatic heterocycles. The van der Waals surface area contributed by atoms with E-state index in [0.29, 0.717) is 12.8 Å². The summed E-state index contributed by atoms with van der Waals surface area (Å²) >= 11 is 0. The third-order valence-corrected chi connectivity index (χ3v) is 4.37. The van der Waals surface area contributed by atoms with Crippen LogP contribution in [0.4, 0.5) is 0 Å². The van der Waals surface area contributed by atoms with Crippen molar-refractivity contribution in [1.82, 2.24) is 14.9 Å². The van der Waals surface area contributed by atoms with Gasteiger partial charge in [0.05, 0.1) is 19.5 Å². The lowest BCUT2D eigenvalue weighted by molar-refractivity contribution is -0.121. The molecule has 3 aromatic rings. The monoisotopic (exact) mass is 349 g/mol. The molecule has 134 valence electrons. The van der Waals surface area contributed by atoms with Gasteiger partial charge in [-0.25, -0.2) is 4.98 Å². The maximum Gasteiger partial charge on any atom is 0.220 e. The van der Waals surface area contributed by atoms with Gasteiger partial charge in [0.1, 0.15) is 5.75 Å². The average Bonchev–Trinajstić information content (AvgIpc) is 3.21. The second-order valence-electron chi connectivity index (χ2n) is 6.20. The molecule has 5 nitrogen and oxygen atoms in total. The molecule has 0 aliphatic rings. The number of methoxy groups -OCH3 is 1. The zero-order chi connectivity index (χ0) is 18.4. The van der Waals surface area contributed by atoms with Crippen LogP contribution in [-0.2, 0) is 11.2 Å². The smallest absolute Gasteiger partial charge is 0.220 e. The van der Waals surface area contributed by atoms with Gasteiger partial charge in [-0.3, -0.25) is 4.79 Å². The fourth-order valence-corrected chi connectivity index (χ4v) is 2.79. The lowest BCUT2D eigenvalue weighted by Gasteiger charge is -2.15. The van der Waals surface area contributed by atoms with Crippen LogP contribution in [-0.4, -0.2) is 22.6 Å². The highest BCUT2D eigenvalue weighted by atomic mass is 16.5. The Bertz CT molecular complexity index is 825. The molecule has 1 atom stereocenters. The number of carbonyl (C=O) groups excluding carboxylic acids is 1. The summed E-state index contributed by atoms with van der Waals surface area (Å²) in [7, 11) is 1.64. The fraction of sp³-hybridized carbons (Fsp3) is 0.238. The minimum atomic E-state index is -0.0322. The topological polar surface area (TPSA) is 56.1 Å². The van der Waals surface area contributed by atoms with Crippen LogP contribution in [0.2, 0.25) is 0 Å². The number of aryl methyl sites for hydroxylation is 1. The molecule has 0 aliphatic carbocycles. The first-order valence-corrected chi connectivity index (χ1v) is 8.66. The van der Waals surface area contributed by atoms with Gasteiger partial charge in [0.15, 0.2) is 0 Å². The van der Waals surface area contributed by atoms with E-state index in [1.54, 1.807) is 19.6 Å². The first-order chi connectivity index (χ1) is 12.7. The quantitative estimate of drug-likeness (QED) is 0.708. The predicted molar refractivity (Wildman–Crippen MR) is 101 cm³/mol. The molecule has 1 N–H and O–H groups in total. The standard InChI is InChI=1S/C21H23N3O2/c1-16(18-6-8-19(9-7-18)24-14-13-22-15-24)23-21(25)12-5-17-3-10-20(26-2)11-4-17/h3-4,6-11,13-16H,5,12H2,1-2H3,(H,23,25)/t16-/m1/s1. The summed E-state index contributed by atoms with van der Waals surface area (Å²) in [6.45, 7) is 2.00. The molecule has 1 aromatic heterocycles. The van der Waals surface area contributed by atoms with Crippen molar-refractivity contribution in [2.45, 2.75) is 25.8 Å². The van der Waals surface area contributed by atoms with Crippen molar-refractivity contribution < 1.29 is 9.53 Å². The van der Waals surface area contributed by atoms with Crippen LogP contribution in [0.25, 0.3) is 5.69 Å². The number of ether oxygens (including phenoxy) is 1. The van der Waals surface area contributed by atoms with Crippen LogP contribution in [0.3, 0.4) is 0 Å². The normalized spacial score (nSPS) is 11.8. The molecule has 0 fully saturated rings. The summed E-state index contributed by atoms with van der Waals surface area (Å²) in [5.41, 5.74) is 3.24. The van der Waals surface area contributed by atoms with Crippen LogP contribution in [0.1, 0.15) is 30.5 Å². The molecule has 0 saturated heterocycles. The summed E-state index contributed by atoms with van der Waals surface area (Å²) in [6.07, 6.45) is 6.59. The van der Waals surface area contributed by atoms with Gasteiger partial charge in [-0.15, -0.1) is 0 Å². The van der Waals surface area contributed by atoms with Gasteiger partial charge >= 0.3 is 0 Å². The van der Waals surface area contributed by atoms with E-state index >= 15 is 0 Å². The fourth-order valence-electron chi connectivity index (χ4n) is 2.79. The Labute approximate surface area is 153 Å². The Morgan fingerprint density at radius 2 is 1.88 bits per heavy atom. The summed E-state index contributed by atoms with van der Waals surface area (Å²) in [5, 5.41) is 3.06. The van der Waals surface area contributed by atoms with Gasteiger partial charge in [0, 0.05) is 24.5 Å². The third kappa shape index (κ3) is 4.51. The van der Waals surface area contributed by atoms with Crippen molar-refractivity contribution in [2.75, 3.05) is 7.11 Å². The summed E-state index contributed by atoms with van der Waals surface area (Å²) in [4.78, 5) is 16.3. The number of nitrogens with one attached hydrogen (secondary N) is 1. The molecule has 2 aromatic carbocycles. The highest BCUT2D eigenvalue weighted by molar-refractivity contribution is 5.76. The third-order valence-electron chi connectivity index (χ3n) is 4.37. The number of hydrogen-bond donors (Lipinski definition) is 1. The van der Waals surface area contributed by atoms with Gasteiger partial charge in [-0.05, 0) is 48.7 Å². The Morgan fingerprint density at radius 3 is 2.50 bits per heavy atom. The van der Waals surface area contributed by atoms with Crippen LogP contribution >= 0.6 is 0 Å². The highest BCUT2D eigenvalue weighted by Gasteiger charge is 2.10. The molecule has 26 heavy (non-hydrogen) atoms. The Kier molecular flexibility index (Phi) is 5.69. The molecular weight excluding hydrogens is 326 g/mol. The number of hydrogen-bond acceptors (Lipinski definition) is 3. The van der Waals surface area contributed by atoms with Crippen molar-refractivity contribution in [3.63, 3.8) is 0 Å². The Morgan fingerprint density at radius 1 is 1.15 bits per heavy atom. The van der Waals surface area contributed by atoms with Crippen molar-refractivity contribution in [3.05, 3.63) is 78.4 Å². The molecule has 0 unspecified atom stereocenters. The molecule has 1 amide bonds. The van der Waals surface area contributed by atoms with E-state index in [1.165, 1.54) is 0 Å². The number of aromatic nitrogens is 2. The van der Waals surface area contributed by atoms with Crippen LogP contribution in [0.5, 0.6) is 5.75 Å². The maximum atomic E-state index is 12.2. The van der Waals surface area contributed by atoms with Crippen molar-refractivity contribution in [3.8, 4) is 11.4 Å². The molecule has 1 heterocycles. The molecular formula is C21H23N3O2. The van der Waals surface area contributed by atoms with Gasteiger partial charge in [0.2, 0.25) is 5.91 Å². The van der Waals surface area contributed by atoms with E-state index in [4.69, 9.17) is 4.74 Å². The van der Waals surface area contributed by atoms with Crippen LogP contribution in [0.15, 0.2) is 67.3 Å². The summed E-state index contributed by atoms with van der Waals surface area (Å²) < 4.78 is 7.09. The van der Waals surface area contributed by atoms with E-state index in [-0.39, 0.29) is 11.9 Å². The molecule has 5 heteroatoms. The number of carbonyl (C=O) groups is 1. The van der Waals surface area contributed by atoms with Gasteiger partial charge in [-0.1, -0.05) is 24.3 Å². The lowest BCUT2D eigenvalue weighted by atomic mass is 10.1.